The van der Waals surface area contributed by atoms with Crippen molar-refractivity contribution in [3.05, 3.63) is 283 Å². The Hall–Kier alpha value is -14.7. The van der Waals surface area contributed by atoms with Gasteiger partial charge in [-0.1, -0.05) is 80.2 Å². The van der Waals surface area contributed by atoms with Gasteiger partial charge in [-0.05, 0) is 233 Å². The molecule has 6 aromatic heterocycles. The molecule has 18 bridgehead atoms. The lowest BCUT2D eigenvalue weighted by molar-refractivity contribution is -0.139. The Kier molecular flexibility index (Phi) is 28.6. The average Bonchev–Trinajstić information content (AvgIpc) is 1.56. The van der Waals surface area contributed by atoms with Gasteiger partial charge in [-0.15, -0.1) is 0 Å². The van der Waals surface area contributed by atoms with Crippen LogP contribution in [0.2, 0.25) is 0 Å². The number of ether oxygens (including phenoxy) is 6. The lowest BCUT2D eigenvalue weighted by Crippen LogP contribution is -2.52. The normalized spacial score (nSPS) is 17.9. The molecule has 12 heterocycles. The zero-order valence-corrected chi connectivity index (χ0v) is 69.0. The molecule has 6 amide bonds. The van der Waals surface area contributed by atoms with E-state index in [1.807, 2.05) is 176 Å². The molecule has 21 rings (SSSR count). The zero-order valence-electron chi connectivity index (χ0n) is 69.0. The van der Waals surface area contributed by atoms with Gasteiger partial charge in [0.1, 0.15) is 53.8 Å². The molecule has 127 heavy (non-hydrogen) atoms. The number of fused-ring (bicyclic) bond motifs is 29. The molecule has 0 spiro atoms. The van der Waals surface area contributed by atoms with E-state index in [0.717, 1.165) is 115 Å². The summed E-state index contributed by atoms with van der Waals surface area (Å²) in [7, 11) is 0. The number of pyridine rings is 3. The van der Waals surface area contributed by atoms with E-state index >= 15 is 0 Å². The first-order chi connectivity index (χ1) is 61.6. The van der Waals surface area contributed by atoms with Gasteiger partial charge >= 0.3 is 0 Å². The number of nitrogens with one attached hydrogen (secondary N) is 6. The van der Waals surface area contributed by atoms with Gasteiger partial charge in [-0.2, -0.15) is 15.3 Å². The molecule has 30 heteroatoms. The predicted molar refractivity (Wildman–Crippen MR) is 475 cm³/mol. The van der Waals surface area contributed by atoms with Crippen molar-refractivity contribution in [3.63, 3.8) is 0 Å². The molecule has 5 atom stereocenters. The summed E-state index contributed by atoms with van der Waals surface area (Å²) in [5.41, 5.74) is 7.79. The molecular weight excluding hydrogens is 1620 g/mol. The van der Waals surface area contributed by atoms with E-state index in [0.29, 0.717) is 91.4 Å². The number of carbonyl (C=O) groups excluding carboxylic acids is 7. The van der Waals surface area contributed by atoms with Gasteiger partial charge in [0.15, 0.2) is 29.7 Å². The van der Waals surface area contributed by atoms with E-state index in [1.165, 1.54) is 9.36 Å². The van der Waals surface area contributed by atoms with Crippen molar-refractivity contribution in [2.45, 2.75) is 139 Å². The van der Waals surface area contributed by atoms with Crippen molar-refractivity contribution in [3.8, 4) is 85.7 Å². The molecule has 9 aliphatic rings. The third-order valence-corrected chi connectivity index (χ3v) is 21.6. The van der Waals surface area contributed by atoms with Gasteiger partial charge in [-0.3, -0.25) is 33.6 Å². The molecule has 8 N–H and O–H groups in total. The first-order valence-corrected chi connectivity index (χ1v) is 42.4. The third kappa shape index (κ3) is 23.6. The topological polar surface area (TPSA) is 380 Å². The summed E-state index contributed by atoms with van der Waals surface area (Å²) in [6.45, 7) is 2.94. The standard InChI is InChI=1S/C32H33N5O5.2C32H31N5O5.CH4.H2/c3*38-29(32(40)34-23-10-11-23)28-19-21-8-12-24(13-9-21)41-17-1-2-18-42-25-6-3-5-22(20-25)27-14-16-37(36-27)30-26(31(39)35-28)7-4-15-33-30;;/h3-9,12-16,20,23,28-29,38H,1-2,10-11,17-19H2,(H,34,40)(H,35,39);3-9,12-16,20,23,28H,1-2,10-11,17-19H2,(H,34,40)(H,35,39);1-9,12-16,20,23,28-29,38H,10-11,17-19H2,(H,34,40)(H,35,39);1H4;1H/b;;2-1+;;/t28-,29?;28-;28-,29?;;/m000../s1. The Morgan fingerprint density at radius 2 is 0.717 bits per heavy atom. The van der Waals surface area contributed by atoms with E-state index in [2.05, 4.69) is 62.1 Å². The molecular formula is C97H101N15O15. The van der Waals surface area contributed by atoms with Gasteiger partial charge in [0.2, 0.25) is 5.78 Å². The number of aliphatic hydroxyl groups excluding tert-OH is 2. The Bertz CT molecular complexity index is 5870. The van der Waals surface area contributed by atoms with E-state index in [9.17, 15) is 43.8 Å². The number of aliphatic hydroxyl groups is 2. The SMILES string of the molecule is C.O=C(NC1CC1)C(=O)[C@@H]1Cc2ccc(cc2)OCCCCOc2cccc(c2)-c2ccn(n2)-c2ncccc2C(=O)N1.O=C1N[C@H](C(O)C(=O)NC2CC2)Cc2ccc(cc2)OC/C=C/COc2cccc(c2)-c2ccn(n2)-c2ncccc21.O=C1N[C@H](C(O)C(=O)NC2CC2)Cc2ccc(cc2)OCCCCOc2cccc(c2)-c2ccn(n2)-c2ncccc21.[HH]. The van der Waals surface area contributed by atoms with Crippen LogP contribution in [-0.2, 0) is 38.4 Å². The highest BCUT2D eigenvalue weighted by Crippen LogP contribution is 2.31. The summed E-state index contributed by atoms with van der Waals surface area (Å²) in [5, 5.41) is 53.1. The van der Waals surface area contributed by atoms with Crippen molar-refractivity contribution in [2.75, 3.05) is 39.6 Å². The molecule has 2 unspecified atom stereocenters. The number of amides is 6. The zero-order chi connectivity index (χ0) is 86.7. The number of hydrogen-bond acceptors (Lipinski definition) is 21. The fraction of sp³-hybridized carbons (Fsp3) is 0.289. The monoisotopic (exact) mass is 1720 g/mol. The van der Waals surface area contributed by atoms with Crippen molar-refractivity contribution < 1.29 is 73.6 Å². The quantitative estimate of drug-likeness (QED) is 0.0491. The number of ketones is 1. The van der Waals surface area contributed by atoms with Gasteiger partial charge in [-0.25, -0.2) is 29.0 Å². The van der Waals surface area contributed by atoms with Crippen LogP contribution in [0, 0.1) is 0 Å². The molecule has 654 valence electrons. The van der Waals surface area contributed by atoms with Crippen LogP contribution >= 0.6 is 0 Å². The van der Waals surface area contributed by atoms with E-state index in [1.54, 1.807) is 78.3 Å². The van der Waals surface area contributed by atoms with Crippen molar-refractivity contribution in [1.29, 1.82) is 0 Å². The van der Waals surface area contributed by atoms with E-state index in [4.69, 9.17) is 28.4 Å². The van der Waals surface area contributed by atoms with Crippen LogP contribution in [0.1, 0.15) is 121 Å². The largest absolute Gasteiger partial charge is 0.494 e. The maximum Gasteiger partial charge on any atom is 0.289 e. The van der Waals surface area contributed by atoms with Gasteiger partial charge in [0.05, 0.1) is 72.3 Å². The van der Waals surface area contributed by atoms with Gasteiger partial charge in [0.25, 0.3) is 35.4 Å². The van der Waals surface area contributed by atoms with Crippen molar-refractivity contribution in [1.82, 2.24) is 76.2 Å². The molecule has 3 fully saturated rings. The molecule has 3 saturated carbocycles. The second-order valence-corrected chi connectivity index (χ2v) is 31.3. The Balaban J connectivity index is 0.000000154. The second kappa shape index (κ2) is 41.7. The van der Waals surface area contributed by atoms with Crippen LogP contribution in [0.25, 0.3) is 51.2 Å². The molecule has 0 radical (unpaired) electrons. The Morgan fingerprint density at radius 3 is 1.09 bits per heavy atom. The minimum Gasteiger partial charge on any atom is -0.494 e. The maximum absolute atomic E-state index is 13.7. The number of rotatable bonds is 9. The number of carbonyl (C=O) groups is 7. The number of benzene rings is 6. The highest BCUT2D eigenvalue weighted by atomic mass is 16.5. The summed E-state index contributed by atoms with van der Waals surface area (Å²) >= 11 is 0. The highest BCUT2D eigenvalue weighted by Gasteiger charge is 2.37. The smallest absolute Gasteiger partial charge is 0.289 e. The van der Waals surface area contributed by atoms with Crippen LogP contribution in [0.15, 0.2) is 250 Å². The fourth-order valence-corrected chi connectivity index (χ4v) is 14.3. The molecule has 30 nitrogen and oxygen atoms in total. The number of Topliss-reactive ketones (excluding diaryl/α,β-unsaturated/α-hetero) is 1. The summed E-state index contributed by atoms with van der Waals surface area (Å²) in [6, 6.07) is 57.8. The highest BCUT2D eigenvalue weighted by molar-refractivity contribution is 6.38. The molecule has 3 aliphatic carbocycles. The summed E-state index contributed by atoms with van der Waals surface area (Å²) in [5.74, 6) is 1.31. The summed E-state index contributed by atoms with van der Waals surface area (Å²) in [4.78, 5) is 106. The maximum atomic E-state index is 13.7. The van der Waals surface area contributed by atoms with Crippen molar-refractivity contribution >= 4 is 41.2 Å². The number of aromatic nitrogens is 9. The summed E-state index contributed by atoms with van der Waals surface area (Å²) < 4.78 is 40.0. The Morgan fingerprint density at radius 1 is 0.386 bits per heavy atom. The summed E-state index contributed by atoms with van der Waals surface area (Å²) in [6.07, 6.45) is 20.0. The first-order valence-electron chi connectivity index (χ1n) is 42.4. The van der Waals surface area contributed by atoms with Crippen LogP contribution in [0.5, 0.6) is 34.5 Å². The van der Waals surface area contributed by atoms with Crippen LogP contribution < -0.4 is 60.3 Å². The lowest BCUT2D eigenvalue weighted by atomic mass is 9.99. The second-order valence-electron chi connectivity index (χ2n) is 31.3. The number of hydrogen-bond donors (Lipinski definition) is 8. The Labute approximate surface area is 735 Å². The number of nitrogens with zero attached hydrogens (tertiary/aromatic N) is 9. The van der Waals surface area contributed by atoms with E-state index in [-0.39, 0.29) is 62.9 Å². The molecule has 6 aliphatic heterocycles. The lowest BCUT2D eigenvalue weighted by Gasteiger charge is -2.24. The minimum atomic E-state index is -1.45. The molecule has 12 aromatic rings. The minimum absolute atomic E-state index is 0. The van der Waals surface area contributed by atoms with E-state index < -0.39 is 71.6 Å². The van der Waals surface area contributed by atoms with Crippen LogP contribution in [-0.4, -0.2) is 184 Å². The van der Waals surface area contributed by atoms with Crippen LogP contribution in [0.3, 0.4) is 0 Å². The van der Waals surface area contributed by atoms with Gasteiger partial charge < -0.3 is 70.5 Å². The fourth-order valence-electron chi connectivity index (χ4n) is 14.3. The average molecular weight is 1720 g/mol. The first kappa shape index (κ1) is 87.3. The van der Waals surface area contributed by atoms with Gasteiger partial charge in [0, 0.05) is 79.8 Å². The van der Waals surface area contributed by atoms with Crippen LogP contribution in [0.4, 0.5) is 0 Å². The third-order valence-electron chi connectivity index (χ3n) is 21.6. The molecule has 0 saturated heterocycles. The molecule has 6 aromatic carbocycles. The predicted octanol–water partition coefficient (Wildman–Crippen LogP) is 11.3. The van der Waals surface area contributed by atoms with Crippen molar-refractivity contribution in [2.24, 2.45) is 0 Å².